The average Bonchev–Trinajstić information content (AvgIpc) is 3.32. The van der Waals surface area contributed by atoms with Crippen LogP contribution in [0.15, 0.2) is 72.8 Å². The lowest BCUT2D eigenvalue weighted by Gasteiger charge is -2.35. The third-order valence-electron chi connectivity index (χ3n) is 14.9. The van der Waals surface area contributed by atoms with Gasteiger partial charge in [-0.05, 0) is 195 Å². The van der Waals surface area contributed by atoms with Crippen molar-refractivity contribution in [2.45, 2.75) is 127 Å². The molecule has 4 aliphatic heterocycles. The molecule has 0 bridgehead atoms. The minimum Gasteiger partial charge on any atom is -0.497 e. The first-order valence-corrected chi connectivity index (χ1v) is 24.2. The quantitative estimate of drug-likeness (QED) is 0.0618. The van der Waals surface area contributed by atoms with Crippen LogP contribution in [0.1, 0.15) is 146 Å². The number of hydrogen-bond donors (Lipinski definition) is 4. The van der Waals surface area contributed by atoms with Gasteiger partial charge in [-0.25, -0.2) is 0 Å². The average molecular weight is 843 g/mol. The van der Waals surface area contributed by atoms with E-state index in [2.05, 4.69) is 94.1 Å². The molecule has 0 aliphatic carbocycles. The Morgan fingerprint density at radius 1 is 0.403 bits per heavy atom. The lowest BCUT2D eigenvalue weighted by atomic mass is 9.78. The van der Waals surface area contributed by atoms with Crippen molar-refractivity contribution >= 4 is 0 Å². The first kappa shape index (κ1) is 44.5. The molecule has 0 saturated heterocycles. The van der Waals surface area contributed by atoms with Crippen LogP contribution in [0.25, 0.3) is 0 Å². The number of benzene rings is 4. The molecule has 4 aromatic rings. The predicted octanol–water partition coefficient (Wildman–Crippen LogP) is 10.5. The summed E-state index contributed by atoms with van der Waals surface area (Å²) in [5.74, 6) is 5.09. The van der Waals surface area contributed by atoms with Crippen molar-refractivity contribution in [2.24, 2.45) is 11.8 Å². The lowest BCUT2D eigenvalue weighted by molar-refractivity contribution is 0.268. The van der Waals surface area contributed by atoms with E-state index in [0.717, 1.165) is 74.9 Å². The first-order valence-electron chi connectivity index (χ1n) is 24.2. The van der Waals surface area contributed by atoms with E-state index in [1.807, 2.05) is 0 Å². The van der Waals surface area contributed by atoms with E-state index in [-0.39, 0.29) is 0 Å². The number of unbranched alkanes of at least 4 members (excludes halogenated alkanes) is 3. The van der Waals surface area contributed by atoms with Gasteiger partial charge in [0.05, 0.1) is 28.4 Å². The third kappa shape index (κ3) is 10.8. The molecule has 334 valence electrons. The Kier molecular flexibility index (Phi) is 15.8. The molecule has 4 N–H and O–H groups in total. The Balaban J connectivity index is 0.922. The van der Waals surface area contributed by atoms with Crippen molar-refractivity contribution in [3.05, 3.63) is 117 Å². The minimum absolute atomic E-state index is 0.392. The summed E-state index contributed by atoms with van der Waals surface area (Å²) < 4.78 is 22.5. The van der Waals surface area contributed by atoms with Crippen molar-refractivity contribution in [2.75, 3.05) is 54.6 Å². The second kappa shape index (κ2) is 22.0. The highest BCUT2D eigenvalue weighted by Crippen LogP contribution is 2.40. The van der Waals surface area contributed by atoms with Gasteiger partial charge in [-0.1, -0.05) is 62.8 Å². The van der Waals surface area contributed by atoms with Gasteiger partial charge < -0.3 is 40.2 Å². The maximum atomic E-state index is 5.67. The summed E-state index contributed by atoms with van der Waals surface area (Å²) in [6.45, 7) is 4.14. The molecule has 8 rings (SSSR count). The van der Waals surface area contributed by atoms with Gasteiger partial charge in [-0.2, -0.15) is 0 Å². The second-order valence-corrected chi connectivity index (χ2v) is 18.5. The van der Waals surface area contributed by atoms with Crippen LogP contribution < -0.4 is 40.2 Å². The number of ether oxygens (including phenoxy) is 4. The summed E-state index contributed by atoms with van der Waals surface area (Å²) >= 11 is 0. The van der Waals surface area contributed by atoms with Crippen LogP contribution in [-0.4, -0.2) is 54.6 Å². The van der Waals surface area contributed by atoms with Gasteiger partial charge >= 0.3 is 0 Å². The van der Waals surface area contributed by atoms with Crippen LogP contribution in [0.3, 0.4) is 0 Å². The van der Waals surface area contributed by atoms with E-state index in [4.69, 9.17) is 18.9 Å². The highest BCUT2D eigenvalue weighted by atomic mass is 16.5. The Labute approximate surface area is 372 Å². The van der Waals surface area contributed by atoms with E-state index in [1.54, 1.807) is 28.4 Å². The van der Waals surface area contributed by atoms with Gasteiger partial charge in [0.15, 0.2) is 0 Å². The summed E-state index contributed by atoms with van der Waals surface area (Å²) in [4.78, 5) is 0. The molecule has 0 amide bonds. The van der Waals surface area contributed by atoms with Gasteiger partial charge in [0, 0.05) is 24.2 Å². The Bertz CT molecular complexity index is 1910. The zero-order chi connectivity index (χ0) is 42.7. The van der Waals surface area contributed by atoms with Crippen LogP contribution in [0.5, 0.6) is 23.0 Å². The van der Waals surface area contributed by atoms with Gasteiger partial charge in [0.25, 0.3) is 0 Å². The van der Waals surface area contributed by atoms with Crippen LogP contribution >= 0.6 is 0 Å². The summed E-state index contributed by atoms with van der Waals surface area (Å²) in [5, 5.41) is 15.7. The largest absolute Gasteiger partial charge is 0.497 e. The molecule has 0 aromatic heterocycles. The van der Waals surface area contributed by atoms with Crippen molar-refractivity contribution < 1.29 is 18.9 Å². The molecule has 4 heterocycles. The van der Waals surface area contributed by atoms with Crippen molar-refractivity contribution in [1.82, 2.24) is 21.3 Å². The molecule has 0 fully saturated rings. The number of fused-ring (bicyclic) bond motifs is 4. The molecule has 6 atom stereocenters. The normalized spacial score (nSPS) is 21.4. The highest BCUT2D eigenvalue weighted by molar-refractivity contribution is 5.42. The fourth-order valence-electron chi connectivity index (χ4n) is 11.6. The lowest BCUT2D eigenvalue weighted by Crippen LogP contribution is -2.35. The zero-order valence-electron chi connectivity index (χ0n) is 38.2. The van der Waals surface area contributed by atoms with Crippen molar-refractivity contribution in [1.29, 1.82) is 0 Å². The number of nitrogens with one attached hydrogen (secondary N) is 4. The molecular formula is C54H74N4O4. The summed E-state index contributed by atoms with van der Waals surface area (Å²) in [6, 6.07) is 28.6. The summed E-state index contributed by atoms with van der Waals surface area (Å²) in [5.41, 5.74) is 11.7. The fraction of sp³-hybridized carbons (Fsp3) is 0.556. The zero-order valence-corrected chi connectivity index (χ0v) is 38.2. The second-order valence-electron chi connectivity index (χ2n) is 18.5. The van der Waals surface area contributed by atoms with Crippen LogP contribution in [0.4, 0.5) is 0 Å². The molecule has 62 heavy (non-hydrogen) atoms. The number of methoxy groups -OCH3 is 4. The Hall–Kier alpha value is -4.08. The topological polar surface area (TPSA) is 85.0 Å². The number of hydrogen-bond acceptors (Lipinski definition) is 8. The number of rotatable bonds is 21. The van der Waals surface area contributed by atoms with Crippen molar-refractivity contribution in [3.63, 3.8) is 0 Å². The molecule has 0 saturated carbocycles. The van der Waals surface area contributed by atoms with Gasteiger partial charge in [-0.15, -0.1) is 0 Å². The van der Waals surface area contributed by atoms with E-state index >= 15 is 0 Å². The Morgan fingerprint density at radius 2 is 0.710 bits per heavy atom. The molecule has 0 radical (unpaired) electrons. The maximum Gasteiger partial charge on any atom is 0.119 e. The van der Waals surface area contributed by atoms with E-state index in [1.165, 1.54) is 122 Å². The van der Waals surface area contributed by atoms with E-state index in [9.17, 15) is 0 Å². The first-order chi connectivity index (χ1) is 30.5. The van der Waals surface area contributed by atoms with Gasteiger partial charge in [0.2, 0.25) is 0 Å². The van der Waals surface area contributed by atoms with E-state index in [0.29, 0.717) is 36.0 Å². The summed E-state index contributed by atoms with van der Waals surface area (Å²) in [6.07, 6.45) is 19.1. The van der Waals surface area contributed by atoms with Gasteiger partial charge in [-0.3, -0.25) is 0 Å². The maximum absolute atomic E-state index is 5.67. The predicted molar refractivity (Wildman–Crippen MR) is 252 cm³/mol. The third-order valence-corrected chi connectivity index (χ3v) is 14.9. The Morgan fingerprint density at radius 3 is 1.06 bits per heavy atom. The molecule has 8 nitrogen and oxygen atoms in total. The molecule has 8 heteroatoms. The van der Waals surface area contributed by atoms with E-state index < -0.39 is 0 Å². The SMILES string of the molecule is COc1ccc2c(c1)CCNC2CCCCC(CCCCC(CCCCC1NCCc2cc(OC)ccc21)C1NCCc2cc(OC)ccc21)C1NCCc2cc(OC)ccc21. The molecule has 0 spiro atoms. The molecular weight excluding hydrogens is 769 g/mol. The van der Waals surface area contributed by atoms with Crippen LogP contribution in [-0.2, 0) is 25.7 Å². The monoisotopic (exact) mass is 843 g/mol. The highest BCUT2D eigenvalue weighted by Gasteiger charge is 2.31. The van der Waals surface area contributed by atoms with Gasteiger partial charge in [0.1, 0.15) is 23.0 Å². The summed E-state index contributed by atoms with van der Waals surface area (Å²) in [7, 11) is 7.11. The van der Waals surface area contributed by atoms with Crippen molar-refractivity contribution in [3.8, 4) is 23.0 Å². The smallest absolute Gasteiger partial charge is 0.119 e. The standard InChI is InChI=1S/C54H74N4O4/c1-59-43-17-21-47-39(33-43)25-29-55-51(47)15-9-7-13-37(53-49-23-19-45(61-3)35-41(49)27-31-57-53)11-5-6-12-38(54-50-24-20-46(62-4)36-42(50)28-32-58-54)14-8-10-16-52-48-22-18-44(60-2)34-40(48)26-30-56-52/h17-24,33-38,51-58H,5-16,25-32H2,1-4H3. The molecule has 4 aromatic carbocycles. The fourth-order valence-corrected chi connectivity index (χ4v) is 11.6. The van der Waals surface area contributed by atoms with Crippen LogP contribution in [0.2, 0.25) is 0 Å². The molecule has 4 aliphatic rings. The molecule has 6 unspecified atom stereocenters. The minimum atomic E-state index is 0.392. The van der Waals surface area contributed by atoms with Crippen LogP contribution in [0, 0.1) is 11.8 Å².